The van der Waals surface area contributed by atoms with Gasteiger partial charge in [-0.3, -0.25) is 4.79 Å². The Morgan fingerprint density at radius 1 is 1.12 bits per heavy atom. The van der Waals surface area contributed by atoms with Crippen LogP contribution in [-0.4, -0.2) is 25.6 Å². The van der Waals surface area contributed by atoms with Gasteiger partial charge in [-0.1, -0.05) is 48.3 Å². The summed E-state index contributed by atoms with van der Waals surface area (Å²) in [6.45, 7) is 1.57. The minimum absolute atomic E-state index is 0.137. The summed E-state index contributed by atoms with van der Waals surface area (Å²) in [4.78, 5) is 24.1. The number of esters is 1. The van der Waals surface area contributed by atoms with E-state index in [0.29, 0.717) is 5.69 Å². The molecule has 0 saturated carbocycles. The first-order valence-corrected chi connectivity index (χ1v) is 8.29. The number of rotatable bonds is 6. The molecule has 0 fully saturated rings. The first-order valence-electron chi connectivity index (χ1n) is 7.54. The molecule has 5 nitrogen and oxygen atoms in total. The van der Waals surface area contributed by atoms with Crippen molar-refractivity contribution in [3.63, 3.8) is 0 Å². The van der Waals surface area contributed by atoms with Gasteiger partial charge >= 0.3 is 5.97 Å². The van der Waals surface area contributed by atoms with Crippen molar-refractivity contribution in [3.05, 3.63) is 57.6 Å². The predicted octanol–water partition coefficient (Wildman–Crippen LogP) is 4.36. The Morgan fingerprint density at radius 2 is 1.76 bits per heavy atom. The average Bonchev–Trinajstić information content (AvgIpc) is 2.59. The van der Waals surface area contributed by atoms with Gasteiger partial charge in [-0.25, -0.2) is 4.79 Å². The van der Waals surface area contributed by atoms with E-state index in [2.05, 4.69) is 5.32 Å². The summed E-state index contributed by atoms with van der Waals surface area (Å²) in [5.74, 6) is -0.862. The summed E-state index contributed by atoms with van der Waals surface area (Å²) in [5, 5.41) is 3.09. The molecule has 1 N–H and O–H groups in total. The topological polar surface area (TPSA) is 64.6 Å². The van der Waals surface area contributed by atoms with E-state index in [9.17, 15) is 9.59 Å². The highest BCUT2D eigenvalue weighted by atomic mass is 35.5. The van der Waals surface area contributed by atoms with Crippen LogP contribution in [0.1, 0.15) is 22.8 Å². The van der Waals surface area contributed by atoms with Gasteiger partial charge < -0.3 is 14.8 Å². The summed E-state index contributed by atoms with van der Waals surface area (Å²) < 4.78 is 10.0. The van der Waals surface area contributed by atoms with Crippen molar-refractivity contribution in [1.29, 1.82) is 0 Å². The number of benzene rings is 2. The molecule has 0 aliphatic heterocycles. The molecule has 0 aliphatic rings. The Labute approximate surface area is 155 Å². The predicted molar refractivity (Wildman–Crippen MR) is 97.7 cm³/mol. The van der Waals surface area contributed by atoms with E-state index < -0.39 is 18.5 Å². The van der Waals surface area contributed by atoms with Gasteiger partial charge in [0.15, 0.2) is 12.4 Å². The third kappa shape index (κ3) is 4.87. The summed E-state index contributed by atoms with van der Waals surface area (Å²) >= 11 is 12.0. The molecule has 132 valence electrons. The van der Waals surface area contributed by atoms with Crippen molar-refractivity contribution < 1.29 is 19.1 Å². The van der Waals surface area contributed by atoms with Crippen LogP contribution in [0.15, 0.2) is 36.4 Å². The molecule has 0 bridgehead atoms. The van der Waals surface area contributed by atoms with Crippen LogP contribution in [0, 0.1) is 0 Å². The number of ether oxygens (including phenoxy) is 2. The molecule has 2 aromatic rings. The zero-order chi connectivity index (χ0) is 18.4. The summed E-state index contributed by atoms with van der Waals surface area (Å²) in [5.41, 5.74) is 1.83. The van der Waals surface area contributed by atoms with E-state index in [-0.39, 0.29) is 21.4 Å². The molecule has 0 saturated heterocycles. The second-order valence-corrected chi connectivity index (χ2v) is 5.92. The van der Waals surface area contributed by atoms with Gasteiger partial charge in [0.25, 0.3) is 5.91 Å². The second kappa shape index (κ2) is 8.74. The number of halogens is 2. The Hall–Kier alpha value is -2.24. The van der Waals surface area contributed by atoms with Gasteiger partial charge in [-0.15, -0.1) is 0 Å². The fraction of sp³-hybridized carbons (Fsp3) is 0.222. The van der Waals surface area contributed by atoms with E-state index in [4.69, 9.17) is 32.7 Å². The number of carbonyl (C=O) groups excluding carboxylic acids is 2. The number of nitrogens with one attached hydrogen (secondary N) is 1. The molecule has 0 heterocycles. The van der Waals surface area contributed by atoms with Crippen molar-refractivity contribution in [2.45, 2.75) is 13.3 Å². The first kappa shape index (κ1) is 19.1. The maximum Gasteiger partial charge on any atom is 0.338 e. The number of methoxy groups -OCH3 is 1. The molecular weight excluding hydrogens is 365 g/mol. The van der Waals surface area contributed by atoms with Crippen molar-refractivity contribution in [2.75, 3.05) is 19.0 Å². The van der Waals surface area contributed by atoms with Crippen LogP contribution in [0.25, 0.3) is 0 Å². The Bertz CT molecular complexity index is 769. The largest absolute Gasteiger partial charge is 0.494 e. The van der Waals surface area contributed by atoms with Gasteiger partial charge in [0.1, 0.15) is 0 Å². The number of aryl methyl sites for hydroxylation is 1. The molecule has 0 aliphatic carbocycles. The maximum atomic E-state index is 12.1. The molecule has 2 rings (SSSR count). The average molecular weight is 382 g/mol. The van der Waals surface area contributed by atoms with E-state index in [1.165, 1.54) is 19.2 Å². The summed E-state index contributed by atoms with van der Waals surface area (Å²) in [6.07, 6.45) is 0.777. The van der Waals surface area contributed by atoms with Crippen LogP contribution < -0.4 is 10.1 Å². The summed E-state index contributed by atoms with van der Waals surface area (Å²) in [7, 11) is 1.42. The fourth-order valence-corrected chi connectivity index (χ4v) is 2.87. The Morgan fingerprint density at radius 3 is 2.36 bits per heavy atom. The SMILES string of the molecule is CCc1ccccc1NC(=O)COC(=O)c1cc(Cl)c(OC)c(Cl)c1. The van der Waals surface area contributed by atoms with Gasteiger partial charge in [-0.05, 0) is 30.2 Å². The smallest absolute Gasteiger partial charge is 0.338 e. The number of hydrogen-bond donors (Lipinski definition) is 1. The highest BCUT2D eigenvalue weighted by molar-refractivity contribution is 6.37. The lowest BCUT2D eigenvalue weighted by Crippen LogP contribution is -2.21. The van der Waals surface area contributed by atoms with Gasteiger partial charge in [0.2, 0.25) is 0 Å². The molecule has 0 atom stereocenters. The molecule has 25 heavy (non-hydrogen) atoms. The monoisotopic (exact) mass is 381 g/mol. The number of anilines is 1. The molecular formula is C18H17Cl2NO4. The quantitative estimate of drug-likeness (QED) is 0.754. The first-order chi connectivity index (χ1) is 12.0. The molecule has 0 aromatic heterocycles. The zero-order valence-corrected chi connectivity index (χ0v) is 15.3. The summed E-state index contributed by atoms with van der Waals surface area (Å²) in [6, 6.07) is 10.2. The van der Waals surface area contributed by atoms with Crippen molar-refractivity contribution in [1.82, 2.24) is 0 Å². The van der Waals surface area contributed by atoms with Crippen molar-refractivity contribution >= 4 is 40.8 Å². The maximum absolute atomic E-state index is 12.1. The number of hydrogen-bond acceptors (Lipinski definition) is 4. The van der Waals surface area contributed by atoms with Crippen LogP contribution in [0.4, 0.5) is 5.69 Å². The van der Waals surface area contributed by atoms with Crippen LogP contribution in [0.5, 0.6) is 5.75 Å². The van der Waals surface area contributed by atoms with E-state index >= 15 is 0 Å². The molecule has 0 spiro atoms. The lowest BCUT2D eigenvalue weighted by molar-refractivity contribution is -0.119. The number of amides is 1. The van der Waals surface area contributed by atoms with E-state index in [1.807, 2.05) is 25.1 Å². The molecule has 2 aromatic carbocycles. The third-order valence-electron chi connectivity index (χ3n) is 3.44. The van der Waals surface area contributed by atoms with Crippen molar-refractivity contribution in [3.8, 4) is 5.75 Å². The zero-order valence-electron chi connectivity index (χ0n) is 13.8. The highest BCUT2D eigenvalue weighted by Gasteiger charge is 2.16. The van der Waals surface area contributed by atoms with Crippen LogP contribution >= 0.6 is 23.2 Å². The number of carbonyl (C=O) groups is 2. The number of para-hydroxylation sites is 1. The normalized spacial score (nSPS) is 10.2. The highest BCUT2D eigenvalue weighted by Crippen LogP contribution is 2.33. The lowest BCUT2D eigenvalue weighted by Gasteiger charge is -2.11. The van der Waals surface area contributed by atoms with Gasteiger partial charge in [-0.2, -0.15) is 0 Å². The second-order valence-electron chi connectivity index (χ2n) is 5.11. The Balaban J connectivity index is 1.99. The van der Waals surface area contributed by atoms with E-state index in [1.54, 1.807) is 6.07 Å². The standard InChI is InChI=1S/C18H17Cl2NO4/c1-3-11-6-4-5-7-15(11)21-16(22)10-25-18(23)12-8-13(19)17(24-2)14(20)9-12/h4-9H,3,10H2,1-2H3,(H,21,22). The molecule has 0 radical (unpaired) electrons. The Kier molecular flexibility index (Phi) is 6.67. The minimum atomic E-state index is -0.703. The van der Waals surface area contributed by atoms with Gasteiger partial charge in [0.05, 0.1) is 22.7 Å². The molecule has 1 amide bonds. The third-order valence-corrected chi connectivity index (χ3v) is 4.01. The van der Waals surface area contributed by atoms with Crippen molar-refractivity contribution in [2.24, 2.45) is 0 Å². The van der Waals surface area contributed by atoms with Crippen LogP contribution in [-0.2, 0) is 16.0 Å². The molecule has 0 unspecified atom stereocenters. The van der Waals surface area contributed by atoms with Crippen LogP contribution in [0.3, 0.4) is 0 Å². The lowest BCUT2D eigenvalue weighted by atomic mass is 10.1. The molecule has 7 heteroatoms. The van der Waals surface area contributed by atoms with Crippen LogP contribution in [0.2, 0.25) is 10.0 Å². The minimum Gasteiger partial charge on any atom is -0.494 e. The van der Waals surface area contributed by atoms with Gasteiger partial charge in [0, 0.05) is 5.69 Å². The fourth-order valence-electron chi connectivity index (χ4n) is 2.22. The van der Waals surface area contributed by atoms with E-state index in [0.717, 1.165) is 12.0 Å².